The predicted octanol–water partition coefficient (Wildman–Crippen LogP) is 5.63. The molecule has 164 valence electrons. The summed E-state index contributed by atoms with van der Waals surface area (Å²) in [6.45, 7) is 6.65. The molecule has 0 atom stereocenters. The van der Waals surface area contributed by atoms with E-state index in [1.165, 1.54) is 43.7 Å². The maximum absolute atomic E-state index is 11.5. The molecule has 0 unspecified atom stereocenters. The number of rotatable bonds is 8. The van der Waals surface area contributed by atoms with Crippen LogP contribution in [0.2, 0.25) is 5.02 Å². The van der Waals surface area contributed by atoms with Crippen LogP contribution in [0.25, 0.3) is 20.7 Å². The lowest BCUT2D eigenvalue weighted by Gasteiger charge is -2.31. The van der Waals surface area contributed by atoms with E-state index >= 15 is 0 Å². The highest BCUT2D eigenvalue weighted by molar-refractivity contribution is 7.22. The number of likely N-dealkylation sites (tertiary alicyclic amines) is 1. The van der Waals surface area contributed by atoms with Crippen molar-refractivity contribution in [3.8, 4) is 10.6 Å². The number of anilines is 1. The highest BCUT2D eigenvalue weighted by Crippen LogP contribution is 2.37. The van der Waals surface area contributed by atoms with Crippen molar-refractivity contribution < 1.29 is 9.90 Å². The quantitative estimate of drug-likeness (QED) is 0.425. The van der Waals surface area contributed by atoms with Gasteiger partial charge in [-0.2, -0.15) is 0 Å². The average Bonchev–Trinajstić information content (AvgIpc) is 3.22. The fourth-order valence-corrected chi connectivity index (χ4v) is 5.51. The summed E-state index contributed by atoms with van der Waals surface area (Å²) in [6, 6.07) is 7.13. The Morgan fingerprint density at radius 1 is 1.35 bits per heavy atom. The smallest absolute Gasteiger partial charge is 0.336 e. The number of carboxylic acid groups (broad SMARTS) is 1. The van der Waals surface area contributed by atoms with Crippen LogP contribution < -0.4 is 5.32 Å². The molecule has 2 aromatic heterocycles. The number of carboxylic acids is 1. The average molecular weight is 459 g/mol. The number of nitrogens with one attached hydrogen (secondary N) is 1. The molecule has 3 heterocycles. The van der Waals surface area contributed by atoms with E-state index in [0.717, 1.165) is 35.0 Å². The van der Waals surface area contributed by atoms with Gasteiger partial charge in [-0.1, -0.05) is 24.6 Å². The predicted molar refractivity (Wildman–Crippen MR) is 127 cm³/mol. The molecule has 3 aromatic rings. The Labute approximate surface area is 191 Å². The number of nitrogens with zero attached hydrogens (tertiary/aromatic N) is 3. The van der Waals surface area contributed by atoms with Crippen molar-refractivity contribution in [3.05, 3.63) is 41.0 Å². The lowest BCUT2D eigenvalue weighted by atomic mass is 9.92. The second-order valence-electron chi connectivity index (χ2n) is 7.97. The largest absolute Gasteiger partial charge is 0.478 e. The Morgan fingerprint density at radius 3 is 2.90 bits per heavy atom. The standard InChI is InChI=1S/C23H27ClN4O2S/c1-2-28-11-8-15(9-12-28)5-4-10-25-23-26-14-18(24)21(27-23)20-13-17-16(22(29)30)6-3-7-19(17)31-20/h3,6-7,13-15H,2,4-5,8-12H2,1H3,(H,29,30)(H,25,26,27). The molecule has 6 nitrogen and oxygen atoms in total. The fraction of sp³-hybridized carbons (Fsp3) is 0.435. The zero-order valence-corrected chi connectivity index (χ0v) is 19.2. The number of piperidine rings is 1. The van der Waals surface area contributed by atoms with Gasteiger partial charge in [-0.25, -0.2) is 14.8 Å². The third-order valence-corrected chi connectivity index (χ3v) is 7.38. The number of carbonyl (C=O) groups is 1. The van der Waals surface area contributed by atoms with Crippen LogP contribution in [-0.2, 0) is 0 Å². The van der Waals surface area contributed by atoms with Gasteiger partial charge in [0.1, 0.15) is 5.69 Å². The topological polar surface area (TPSA) is 78.4 Å². The van der Waals surface area contributed by atoms with Gasteiger partial charge in [-0.05, 0) is 69.4 Å². The second kappa shape index (κ2) is 9.94. The third-order valence-electron chi connectivity index (χ3n) is 6.00. The SMILES string of the molecule is CCN1CCC(CCCNc2ncc(Cl)c(-c3cc4c(C(=O)O)cccc4s3)n2)CC1. The fourth-order valence-electron chi connectivity index (χ4n) is 4.17. The van der Waals surface area contributed by atoms with E-state index in [0.29, 0.717) is 22.1 Å². The Hall–Kier alpha value is -2.22. The third kappa shape index (κ3) is 5.17. The molecular formula is C23H27ClN4O2S. The monoisotopic (exact) mass is 458 g/mol. The van der Waals surface area contributed by atoms with E-state index in [-0.39, 0.29) is 5.56 Å². The molecule has 0 bridgehead atoms. The van der Waals surface area contributed by atoms with Gasteiger partial charge >= 0.3 is 5.97 Å². The zero-order chi connectivity index (χ0) is 21.8. The van der Waals surface area contributed by atoms with Gasteiger partial charge in [-0.3, -0.25) is 0 Å². The van der Waals surface area contributed by atoms with Crippen molar-refractivity contribution in [3.63, 3.8) is 0 Å². The van der Waals surface area contributed by atoms with Gasteiger partial charge in [0.25, 0.3) is 0 Å². The van der Waals surface area contributed by atoms with E-state index in [9.17, 15) is 9.90 Å². The summed E-state index contributed by atoms with van der Waals surface area (Å²) in [5, 5.41) is 13.9. The number of aromatic nitrogens is 2. The molecule has 1 fully saturated rings. The molecule has 1 saturated heterocycles. The second-order valence-corrected chi connectivity index (χ2v) is 9.46. The van der Waals surface area contributed by atoms with Crippen molar-refractivity contribution in [2.45, 2.75) is 32.6 Å². The first-order valence-electron chi connectivity index (χ1n) is 10.8. The van der Waals surface area contributed by atoms with E-state index in [4.69, 9.17) is 11.6 Å². The number of hydrogen-bond acceptors (Lipinski definition) is 6. The molecule has 1 aliphatic heterocycles. The van der Waals surface area contributed by atoms with Crippen molar-refractivity contribution in [2.75, 3.05) is 31.5 Å². The summed E-state index contributed by atoms with van der Waals surface area (Å²) in [4.78, 5) is 23.8. The van der Waals surface area contributed by atoms with Gasteiger partial charge in [0.2, 0.25) is 5.95 Å². The summed E-state index contributed by atoms with van der Waals surface area (Å²) in [5.74, 6) is 0.427. The first kappa shape index (κ1) is 22.0. The minimum atomic E-state index is -0.938. The molecular weight excluding hydrogens is 432 g/mol. The van der Waals surface area contributed by atoms with Crippen LogP contribution >= 0.6 is 22.9 Å². The van der Waals surface area contributed by atoms with Crippen LogP contribution in [0.1, 0.15) is 43.0 Å². The molecule has 4 rings (SSSR count). The van der Waals surface area contributed by atoms with Crippen LogP contribution in [0.5, 0.6) is 0 Å². The lowest BCUT2D eigenvalue weighted by molar-refractivity contribution is 0.0699. The number of aromatic carboxylic acids is 1. The zero-order valence-electron chi connectivity index (χ0n) is 17.6. The molecule has 0 radical (unpaired) electrons. The van der Waals surface area contributed by atoms with Crippen LogP contribution in [-0.4, -0.2) is 52.1 Å². The molecule has 0 saturated carbocycles. The number of thiophene rings is 1. The van der Waals surface area contributed by atoms with Crippen LogP contribution in [0.15, 0.2) is 30.5 Å². The molecule has 8 heteroatoms. The van der Waals surface area contributed by atoms with E-state index in [1.54, 1.807) is 18.3 Å². The normalized spacial score (nSPS) is 15.4. The summed E-state index contributed by atoms with van der Waals surface area (Å²) in [6.07, 6.45) is 6.50. The van der Waals surface area contributed by atoms with E-state index < -0.39 is 5.97 Å². The Kier molecular flexibility index (Phi) is 7.05. The number of halogens is 1. The lowest BCUT2D eigenvalue weighted by Crippen LogP contribution is -2.33. The van der Waals surface area contributed by atoms with Gasteiger partial charge in [0.15, 0.2) is 0 Å². The minimum Gasteiger partial charge on any atom is -0.478 e. The molecule has 31 heavy (non-hydrogen) atoms. The first-order chi connectivity index (χ1) is 15.0. The van der Waals surface area contributed by atoms with Gasteiger partial charge in [0.05, 0.1) is 21.7 Å². The van der Waals surface area contributed by atoms with Crippen LogP contribution in [0.3, 0.4) is 0 Å². The molecule has 2 N–H and O–H groups in total. The van der Waals surface area contributed by atoms with Crippen molar-refractivity contribution in [1.29, 1.82) is 0 Å². The van der Waals surface area contributed by atoms with Gasteiger partial charge < -0.3 is 15.3 Å². The van der Waals surface area contributed by atoms with Crippen LogP contribution in [0, 0.1) is 5.92 Å². The molecule has 0 aliphatic carbocycles. The summed E-state index contributed by atoms with van der Waals surface area (Å²) >= 11 is 7.86. The van der Waals surface area contributed by atoms with Crippen LogP contribution in [0.4, 0.5) is 5.95 Å². The van der Waals surface area contributed by atoms with Crippen molar-refractivity contribution in [1.82, 2.24) is 14.9 Å². The number of hydrogen-bond donors (Lipinski definition) is 2. The molecule has 1 aromatic carbocycles. The number of fused-ring (bicyclic) bond motifs is 1. The van der Waals surface area contributed by atoms with Crippen molar-refractivity contribution >= 4 is 44.9 Å². The Balaban J connectivity index is 1.40. The summed E-state index contributed by atoms with van der Waals surface area (Å²) < 4.78 is 0.896. The minimum absolute atomic E-state index is 0.285. The Morgan fingerprint density at radius 2 is 2.16 bits per heavy atom. The Bertz CT molecular complexity index is 1060. The highest BCUT2D eigenvalue weighted by atomic mass is 35.5. The van der Waals surface area contributed by atoms with E-state index in [2.05, 4.69) is 27.1 Å². The maximum Gasteiger partial charge on any atom is 0.336 e. The summed E-state index contributed by atoms with van der Waals surface area (Å²) in [7, 11) is 0. The highest BCUT2D eigenvalue weighted by Gasteiger charge is 2.18. The van der Waals surface area contributed by atoms with Gasteiger partial charge in [0, 0.05) is 16.6 Å². The summed E-state index contributed by atoms with van der Waals surface area (Å²) in [5.41, 5.74) is 0.914. The van der Waals surface area contributed by atoms with Gasteiger partial charge in [-0.15, -0.1) is 11.3 Å². The number of benzene rings is 1. The first-order valence-corrected chi connectivity index (χ1v) is 12.0. The molecule has 0 spiro atoms. The molecule has 1 aliphatic rings. The van der Waals surface area contributed by atoms with Crippen molar-refractivity contribution in [2.24, 2.45) is 5.92 Å². The van der Waals surface area contributed by atoms with E-state index in [1.807, 2.05) is 12.1 Å². The molecule has 0 amide bonds. The maximum atomic E-state index is 11.5.